The summed E-state index contributed by atoms with van der Waals surface area (Å²) < 4.78 is 50.7. The Morgan fingerprint density at radius 1 is 0.667 bits per heavy atom. The van der Waals surface area contributed by atoms with Crippen LogP contribution in [0.5, 0.6) is 0 Å². The van der Waals surface area contributed by atoms with Crippen LogP contribution in [0, 0.1) is 25.7 Å². The highest BCUT2D eigenvalue weighted by atomic mass is 32.2. The molecular weight excluding hydrogens is 460 g/mol. The van der Waals surface area contributed by atoms with Gasteiger partial charge in [-0.15, -0.1) is 0 Å². The highest BCUT2D eigenvalue weighted by molar-refractivity contribution is 7.89. The van der Waals surface area contributed by atoms with E-state index in [2.05, 4.69) is 19.9 Å². The molecule has 0 amide bonds. The van der Waals surface area contributed by atoms with E-state index in [1.165, 1.54) is 24.3 Å². The molecule has 0 bridgehead atoms. The molecule has 2 N–H and O–H groups in total. The first-order chi connectivity index (χ1) is 15.6. The summed E-state index contributed by atoms with van der Waals surface area (Å²) in [5.41, 5.74) is 2.83. The summed E-state index contributed by atoms with van der Waals surface area (Å²) in [7, 11) is -7.69. The van der Waals surface area contributed by atoms with E-state index in [1.54, 1.807) is 24.3 Å². The topological polar surface area (TPSA) is 117 Å². The van der Waals surface area contributed by atoms with Gasteiger partial charge in [0.1, 0.15) is 0 Å². The second kappa shape index (κ2) is 9.26. The summed E-state index contributed by atoms with van der Waals surface area (Å²) in [6.45, 7) is 3.76. The third-order valence-electron chi connectivity index (χ3n) is 6.17. The Morgan fingerprint density at radius 3 is 1.39 bits per heavy atom. The SMILES string of the molecule is Cc1ccc(S(=O)(=O)N/N=C2/CCC3CC3CC/C2=N\NS(=O)(=O)c2ccc(C)cc2)cc1. The van der Waals surface area contributed by atoms with E-state index in [0.29, 0.717) is 36.1 Å². The second-order valence-corrected chi connectivity index (χ2v) is 12.1. The number of fused-ring (bicyclic) bond motifs is 1. The van der Waals surface area contributed by atoms with Crippen LogP contribution >= 0.6 is 0 Å². The van der Waals surface area contributed by atoms with Gasteiger partial charge >= 0.3 is 0 Å². The quantitative estimate of drug-likeness (QED) is 0.605. The lowest BCUT2D eigenvalue weighted by Gasteiger charge is -2.15. The standard InChI is InChI=1S/C23H28N4O4S2/c1-16-3-9-20(10-4-16)32(28,29)26-24-22-13-7-18-15-19(18)8-14-23(22)25-27-33(30,31)21-11-5-17(2)6-12-21/h3-6,9-12,18-19,26-27H,7-8,13-15H2,1-2H3/b24-22-,25-23+. The monoisotopic (exact) mass is 488 g/mol. The van der Waals surface area contributed by atoms with Gasteiger partial charge in [0, 0.05) is 0 Å². The van der Waals surface area contributed by atoms with Gasteiger partial charge in [-0.3, -0.25) is 0 Å². The predicted octanol–water partition coefficient (Wildman–Crippen LogP) is 3.48. The zero-order chi connectivity index (χ0) is 23.6. The van der Waals surface area contributed by atoms with Crippen LogP contribution < -0.4 is 9.66 Å². The van der Waals surface area contributed by atoms with Crippen LogP contribution in [0.1, 0.15) is 43.2 Å². The van der Waals surface area contributed by atoms with Crippen LogP contribution in [0.15, 0.2) is 68.5 Å². The molecule has 10 heteroatoms. The van der Waals surface area contributed by atoms with Crippen LogP contribution in [0.3, 0.4) is 0 Å². The molecule has 4 rings (SSSR count). The van der Waals surface area contributed by atoms with Gasteiger partial charge in [0.25, 0.3) is 20.0 Å². The van der Waals surface area contributed by atoms with Crippen LogP contribution in [0.4, 0.5) is 0 Å². The first-order valence-corrected chi connectivity index (χ1v) is 13.9. The van der Waals surface area contributed by atoms with Gasteiger partial charge in [0.15, 0.2) is 0 Å². The van der Waals surface area contributed by atoms with E-state index in [4.69, 9.17) is 0 Å². The van der Waals surface area contributed by atoms with E-state index < -0.39 is 20.0 Å². The van der Waals surface area contributed by atoms with Crippen molar-refractivity contribution in [1.29, 1.82) is 0 Å². The molecule has 2 atom stereocenters. The third kappa shape index (κ3) is 5.80. The fraction of sp³-hybridized carbons (Fsp3) is 0.391. The maximum Gasteiger partial charge on any atom is 0.276 e. The molecule has 8 nitrogen and oxygen atoms in total. The molecule has 0 aliphatic heterocycles. The molecule has 0 spiro atoms. The minimum absolute atomic E-state index is 0.115. The minimum Gasteiger partial charge on any atom is -0.200 e. The van der Waals surface area contributed by atoms with Crippen molar-refractivity contribution in [3.63, 3.8) is 0 Å². The van der Waals surface area contributed by atoms with E-state index in [9.17, 15) is 16.8 Å². The number of hydrogen-bond acceptors (Lipinski definition) is 6. The average molecular weight is 489 g/mol. The molecule has 2 saturated carbocycles. The van der Waals surface area contributed by atoms with Gasteiger partial charge < -0.3 is 0 Å². The van der Waals surface area contributed by atoms with Crippen molar-refractivity contribution in [3.05, 3.63) is 59.7 Å². The zero-order valence-corrected chi connectivity index (χ0v) is 20.3. The Morgan fingerprint density at radius 2 is 1.03 bits per heavy atom. The van der Waals surface area contributed by atoms with Crippen molar-refractivity contribution in [2.45, 2.75) is 55.7 Å². The highest BCUT2D eigenvalue weighted by Gasteiger charge is 2.38. The van der Waals surface area contributed by atoms with Gasteiger partial charge in [-0.05, 0) is 82.1 Å². The summed E-state index contributed by atoms with van der Waals surface area (Å²) in [5.74, 6) is 1.24. The van der Waals surface area contributed by atoms with E-state index in [0.717, 1.165) is 30.4 Å². The van der Waals surface area contributed by atoms with Gasteiger partial charge in [-0.25, -0.2) is 0 Å². The lowest BCUT2D eigenvalue weighted by atomic mass is 9.97. The molecule has 2 fully saturated rings. The fourth-order valence-electron chi connectivity index (χ4n) is 3.96. The number of hydrogen-bond donors (Lipinski definition) is 2. The summed E-state index contributed by atoms with van der Waals surface area (Å²) >= 11 is 0. The number of rotatable bonds is 6. The number of nitrogens with zero attached hydrogens (tertiary/aromatic N) is 2. The van der Waals surface area contributed by atoms with Gasteiger partial charge in [-0.1, -0.05) is 35.4 Å². The van der Waals surface area contributed by atoms with E-state index >= 15 is 0 Å². The Balaban J connectivity index is 1.58. The summed E-state index contributed by atoms with van der Waals surface area (Å²) in [6.07, 6.45) is 3.95. The highest BCUT2D eigenvalue weighted by Crippen LogP contribution is 2.46. The van der Waals surface area contributed by atoms with Gasteiger partial charge in [-0.2, -0.15) is 36.7 Å². The maximum atomic E-state index is 12.7. The number of hydrazone groups is 2. The molecule has 2 aliphatic rings. The lowest BCUT2D eigenvalue weighted by Crippen LogP contribution is -2.28. The molecule has 2 aromatic carbocycles. The summed E-state index contributed by atoms with van der Waals surface area (Å²) in [6, 6.07) is 13.0. The van der Waals surface area contributed by atoms with Gasteiger partial charge in [0.05, 0.1) is 21.2 Å². The molecule has 2 aliphatic carbocycles. The Bertz CT molecular complexity index is 1180. The molecule has 176 valence electrons. The molecule has 0 radical (unpaired) electrons. The largest absolute Gasteiger partial charge is 0.276 e. The fourth-order valence-corrected chi connectivity index (χ4v) is 5.62. The molecule has 0 heterocycles. The number of nitrogens with one attached hydrogen (secondary N) is 2. The van der Waals surface area contributed by atoms with Gasteiger partial charge in [0.2, 0.25) is 0 Å². The van der Waals surface area contributed by atoms with Crippen molar-refractivity contribution in [1.82, 2.24) is 9.66 Å². The number of sulfonamides is 2. The average Bonchev–Trinajstić information content (AvgIpc) is 3.51. The van der Waals surface area contributed by atoms with Crippen molar-refractivity contribution >= 4 is 31.5 Å². The van der Waals surface area contributed by atoms with Crippen molar-refractivity contribution < 1.29 is 16.8 Å². The first kappa shape index (κ1) is 23.4. The second-order valence-electron chi connectivity index (χ2n) is 8.77. The van der Waals surface area contributed by atoms with Crippen LogP contribution in [0.25, 0.3) is 0 Å². The lowest BCUT2D eigenvalue weighted by molar-refractivity contribution is 0.581. The first-order valence-electron chi connectivity index (χ1n) is 10.9. The Hall–Kier alpha value is -2.72. The smallest absolute Gasteiger partial charge is 0.200 e. The molecule has 2 aromatic rings. The predicted molar refractivity (Wildman–Crippen MR) is 128 cm³/mol. The molecule has 33 heavy (non-hydrogen) atoms. The van der Waals surface area contributed by atoms with Crippen LogP contribution in [-0.2, 0) is 20.0 Å². The Labute approximate surface area is 195 Å². The molecular formula is C23H28N4O4S2. The zero-order valence-electron chi connectivity index (χ0n) is 18.7. The molecule has 2 unspecified atom stereocenters. The van der Waals surface area contributed by atoms with Crippen LogP contribution in [-0.4, -0.2) is 28.3 Å². The van der Waals surface area contributed by atoms with E-state index in [1.807, 2.05) is 13.8 Å². The van der Waals surface area contributed by atoms with Crippen LogP contribution in [0.2, 0.25) is 0 Å². The maximum absolute atomic E-state index is 12.7. The van der Waals surface area contributed by atoms with Crippen molar-refractivity contribution in [2.75, 3.05) is 0 Å². The minimum atomic E-state index is -3.85. The molecule has 0 aromatic heterocycles. The Kier molecular flexibility index (Phi) is 6.58. The van der Waals surface area contributed by atoms with Crippen molar-refractivity contribution in [3.8, 4) is 0 Å². The van der Waals surface area contributed by atoms with E-state index in [-0.39, 0.29) is 9.79 Å². The number of aryl methyl sites for hydroxylation is 2. The third-order valence-corrected chi connectivity index (χ3v) is 8.62. The summed E-state index contributed by atoms with van der Waals surface area (Å²) in [4.78, 5) is 4.85. The number of benzene rings is 2. The van der Waals surface area contributed by atoms with Crippen molar-refractivity contribution in [2.24, 2.45) is 22.0 Å². The summed E-state index contributed by atoms with van der Waals surface area (Å²) in [5, 5.41) is 8.38. The molecule has 0 saturated heterocycles. The normalized spacial score (nSPS) is 23.5.